The number of carbonyl (C=O) groups excluding carboxylic acids is 1. The molecule has 3 heteroatoms. The fourth-order valence-corrected chi connectivity index (χ4v) is 1.74. The number of rotatable bonds is 2. The van der Waals surface area contributed by atoms with E-state index in [1.807, 2.05) is 48.4 Å². The van der Waals surface area contributed by atoms with Crippen LogP contribution in [0.2, 0.25) is 0 Å². The topological polar surface area (TPSA) is 29.5 Å². The summed E-state index contributed by atoms with van der Waals surface area (Å²) in [6.45, 7) is 3.96. The summed E-state index contributed by atoms with van der Waals surface area (Å²) in [5.74, 6) is 0.0631. The maximum absolute atomic E-state index is 11.4. The fraction of sp³-hybridized carbons (Fsp3) is 0.308. The number of carbonyl (C=O) groups is 1. The molecular weight excluding hydrogens is 202 g/mol. The maximum Gasteiger partial charge on any atom is 0.159 e. The summed E-state index contributed by atoms with van der Waals surface area (Å²) in [5.41, 5.74) is 1.75. The minimum Gasteiger partial charge on any atom is -0.353 e. The second kappa shape index (κ2) is 4.49. The van der Waals surface area contributed by atoms with Gasteiger partial charge in [0.15, 0.2) is 5.78 Å². The molecule has 1 aromatic rings. The lowest BCUT2D eigenvalue weighted by Gasteiger charge is -2.30. The molecule has 0 saturated heterocycles. The Morgan fingerprint density at radius 1 is 1.38 bits per heavy atom. The van der Waals surface area contributed by atoms with Gasteiger partial charge < -0.3 is 9.64 Å². The molecule has 0 radical (unpaired) electrons. The lowest BCUT2D eigenvalue weighted by molar-refractivity contribution is -0.115. The molecule has 3 nitrogen and oxygen atoms in total. The molecule has 0 saturated carbocycles. The fourth-order valence-electron chi connectivity index (χ4n) is 1.74. The Kier molecular flexibility index (Phi) is 3.06. The molecule has 16 heavy (non-hydrogen) atoms. The summed E-state index contributed by atoms with van der Waals surface area (Å²) in [5, 5.41) is 0. The van der Waals surface area contributed by atoms with Crippen LogP contribution in [0.4, 0.5) is 5.69 Å². The van der Waals surface area contributed by atoms with E-state index in [9.17, 15) is 4.79 Å². The van der Waals surface area contributed by atoms with E-state index in [2.05, 4.69) is 0 Å². The van der Waals surface area contributed by atoms with E-state index in [0.29, 0.717) is 6.73 Å². The van der Waals surface area contributed by atoms with Gasteiger partial charge in [-0.1, -0.05) is 18.2 Å². The van der Waals surface area contributed by atoms with E-state index < -0.39 is 0 Å². The molecule has 1 unspecified atom stereocenters. The highest BCUT2D eigenvalue weighted by atomic mass is 16.5. The summed E-state index contributed by atoms with van der Waals surface area (Å²) in [7, 11) is 0. The third-order valence-electron chi connectivity index (χ3n) is 2.69. The number of anilines is 1. The Morgan fingerprint density at radius 3 is 2.69 bits per heavy atom. The molecule has 0 spiro atoms. The normalized spacial score (nSPS) is 20.5. The van der Waals surface area contributed by atoms with E-state index in [0.717, 1.165) is 11.3 Å². The minimum absolute atomic E-state index is 0.0631. The van der Waals surface area contributed by atoms with Crippen molar-refractivity contribution in [3.05, 3.63) is 42.1 Å². The SMILES string of the molecule is CC(=O)C1=CN(c2ccccc2)COC1C. The van der Waals surface area contributed by atoms with Gasteiger partial charge in [-0.05, 0) is 26.0 Å². The molecule has 84 valence electrons. The van der Waals surface area contributed by atoms with Crippen LogP contribution < -0.4 is 4.90 Å². The molecular formula is C13H15NO2. The first-order chi connectivity index (χ1) is 7.68. The summed E-state index contributed by atoms with van der Waals surface area (Å²) >= 11 is 0. The number of ether oxygens (including phenoxy) is 1. The third kappa shape index (κ3) is 2.14. The van der Waals surface area contributed by atoms with Crippen LogP contribution in [0.15, 0.2) is 42.1 Å². The number of hydrogen-bond donors (Lipinski definition) is 0. The second-order valence-electron chi connectivity index (χ2n) is 3.88. The molecule has 2 rings (SSSR count). The molecule has 1 aromatic carbocycles. The molecule has 0 amide bonds. The van der Waals surface area contributed by atoms with E-state index >= 15 is 0 Å². The lowest BCUT2D eigenvalue weighted by atomic mass is 10.1. The zero-order valence-corrected chi connectivity index (χ0v) is 9.51. The third-order valence-corrected chi connectivity index (χ3v) is 2.69. The van der Waals surface area contributed by atoms with Crippen LogP contribution >= 0.6 is 0 Å². The molecule has 1 atom stereocenters. The number of para-hydroxylation sites is 1. The Labute approximate surface area is 95.3 Å². The molecule has 1 aliphatic rings. The van der Waals surface area contributed by atoms with Crippen LogP contribution in [0.1, 0.15) is 13.8 Å². The van der Waals surface area contributed by atoms with Crippen molar-refractivity contribution in [3.8, 4) is 0 Å². The Morgan fingerprint density at radius 2 is 2.06 bits per heavy atom. The van der Waals surface area contributed by atoms with E-state index in [1.165, 1.54) is 0 Å². The number of benzene rings is 1. The Bertz CT molecular complexity index is 411. The smallest absolute Gasteiger partial charge is 0.159 e. The van der Waals surface area contributed by atoms with Gasteiger partial charge in [-0.25, -0.2) is 0 Å². The molecule has 1 heterocycles. The van der Waals surface area contributed by atoms with E-state index in [1.54, 1.807) is 6.92 Å². The monoisotopic (exact) mass is 217 g/mol. The van der Waals surface area contributed by atoms with Crippen LogP contribution in [-0.2, 0) is 9.53 Å². The van der Waals surface area contributed by atoms with Crippen molar-refractivity contribution in [2.75, 3.05) is 11.6 Å². The summed E-state index contributed by atoms with van der Waals surface area (Å²) < 4.78 is 5.56. The van der Waals surface area contributed by atoms with E-state index in [4.69, 9.17) is 4.74 Å². The highest BCUT2D eigenvalue weighted by molar-refractivity contribution is 5.94. The van der Waals surface area contributed by atoms with Gasteiger partial charge in [0.25, 0.3) is 0 Å². The van der Waals surface area contributed by atoms with Crippen molar-refractivity contribution in [2.24, 2.45) is 0 Å². The van der Waals surface area contributed by atoms with Crippen LogP contribution in [0.25, 0.3) is 0 Å². The second-order valence-corrected chi connectivity index (χ2v) is 3.88. The number of ketones is 1. The van der Waals surface area contributed by atoms with Crippen LogP contribution in [-0.4, -0.2) is 18.6 Å². The van der Waals surface area contributed by atoms with Gasteiger partial charge in [-0.2, -0.15) is 0 Å². The molecule has 0 aliphatic carbocycles. The minimum atomic E-state index is -0.113. The first kappa shape index (κ1) is 10.9. The van der Waals surface area contributed by atoms with Gasteiger partial charge in [0.05, 0.1) is 6.10 Å². The number of Topliss-reactive ketones (excluding diaryl/α,β-unsaturated/α-hetero) is 1. The quantitative estimate of drug-likeness (QED) is 0.761. The zero-order valence-electron chi connectivity index (χ0n) is 9.51. The highest BCUT2D eigenvalue weighted by Crippen LogP contribution is 2.21. The van der Waals surface area contributed by atoms with Crippen molar-refractivity contribution in [1.82, 2.24) is 0 Å². The van der Waals surface area contributed by atoms with Crippen molar-refractivity contribution >= 4 is 11.5 Å². The first-order valence-electron chi connectivity index (χ1n) is 5.34. The average molecular weight is 217 g/mol. The molecule has 0 aromatic heterocycles. The maximum atomic E-state index is 11.4. The summed E-state index contributed by atoms with van der Waals surface area (Å²) in [6, 6.07) is 9.89. The van der Waals surface area contributed by atoms with E-state index in [-0.39, 0.29) is 11.9 Å². The van der Waals surface area contributed by atoms with Gasteiger partial charge in [-0.3, -0.25) is 4.79 Å². The van der Waals surface area contributed by atoms with Gasteiger partial charge in [0, 0.05) is 17.5 Å². The molecule has 0 fully saturated rings. The van der Waals surface area contributed by atoms with Crippen molar-refractivity contribution in [2.45, 2.75) is 20.0 Å². The first-order valence-corrected chi connectivity index (χ1v) is 5.34. The lowest BCUT2D eigenvalue weighted by Crippen LogP contribution is -2.33. The van der Waals surface area contributed by atoms with Gasteiger partial charge in [0.1, 0.15) is 6.73 Å². The Balaban J connectivity index is 2.28. The average Bonchev–Trinajstić information content (AvgIpc) is 2.30. The largest absolute Gasteiger partial charge is 0.353 e. The standard InChI is InChI=1S/C13H15NO2/c1-10(15)13-8-14(9-16-11(13)2)12-6-4-3-5-7-12/h3-8,11H,9H2,1-2H3. The number of hydrogen-bond acceptors (Lipinski definition) is 3. The van der Waals surface area contributed by atoms with Crippen LogP contribution in [0.3, 0.4) is 0 Å². The molecule has 0 N–H and O–H groups in total. The Hall–Kier alpha value is -1.61. The predicted molar refractivity (Wildman–Crippen MR) is 63.1 cm³/mol. The van der Waals surface area contributed by atoms with Crippen LogP contribution in [0.5, 0.6) is 0 Å². The van der Waals surface area contributed by atoms with Gasteiger partial charge in [-0.15, -0.1) is 0 Å². The molecule has 0 bridgehead atoms. The molecule has 1 aliphatic heterocycles. The van der Waals surface area contributed by atoms with Gasteiger partial charge in [0.2, 0.25) is 0 Å². The predicted octanol–water partition coefficient (Wildman–Crippen LogP) is 2.34. The van der Waals surface area contributed by atoms with Crippen LogP contribution in [0, 0.1) is 0 Å². The van der Waals surface area contributed by atoms with Crippen molar-refractivity contribution in [3.63, 3.8) is 0 Å². The van der Waals surface area contributed by atoms with Crippen molar-refractivity contribution < 1.29 is 9.53 Å². The summed E-state index contributed by atoms with van der Waals surface area (Å²) in [4.78, 5) is 13.4. The number of nitrogens with zero attached hydrogens (tertiary/aromatic N) is 1. The van der Waals surface area contributed by atoms with Crippen molar-refractivity contribution in [1.29, 1.82) is 0 Å². The zero-order chi connectivity index (χ0) is 11.5. The highest BCUT2D eigenvalue weighted by Gasteiger charge is 2.21. The van der Waals surface area contributed by atoms with Gasteiger partial charge >= 0.3 is 0 Å². The summed E-state index contributed by atoms with van der Waals surface area (Å²) in [6.07, 6.45) is 1.77.